The third-order valence-corrected chi connectivity index (χ3v) is 5.73. The van der Waals surface area contributed by atoms with Crippen molar-refractivity contribution in [3.8, 4) is 5.69 Å². The number of carbonyl (C=O) groups is 2. The first-order valence-electron chi connectivity index (χ1n) is 9.47. The zero-order valence-electron chi connectivity index (χ0n) is 17.5. The van der Waals surface area contributed by atoms with E-state index in [9.17, 15) is 9.59 Å². The van der Waals surface area contributed by atoms with Crippen LogP contribution in [0.3, 0.4) is 0 Å². The highest BCUT2D eigenvalue weighted by atomic mass is 79.9. The molecule has 0 radical (unpaired) electrons. The van der Waals surface area contributed by atoms with Gasteiger partial charge in [-0.2, -0.15) is 0 Å². The first-order chi connectivity index (χ1) is 13.7. The molecule has 2 aromatic rings. The smallest absolute Gasteiger partial charge is 0.340 e. The molecule has 1 aromatic heterocycles. The number of hydrogen-bond acceptors (Lipinski definition) is 3. The molecule has 1 aliphatic heterocycles. The Morgan fingerprint density at radius 3 is 2.31 bits per heavy atom. The lowest BCUT2D eigenvalue weighted by atomic mass is 10.0. The summed E-state index contributed by atoms with van der Waals surface area (Å²) in [5.74, 6) is -0.668. The summed E-state index contributed by atoms with van der Waals surface area (Å²) in [5.41, 5.74) is 5.31. The van der Waals surface area contributed by atoms with E-state index < -0.39 is 5.97 Å². The molecular weight excluding hydrogens is 432 g/mol. The van der Waals surface area contributed by atoms with Gasteiger partial charge in [0, 0.05) is 33.3 Å². The Morgan fingerprint density at radius 2 is 1.76 bits per heavy atom. The molecule has 0 spiro atoms. The molecule has 0 bridgehead atoms. The molecule has 1 aromatic carbocycles. The van der Waals surface area contributed by atoms with Crippen LogP contribution in [0, 0.1) is 13.8 Å². The van der Waals surface area contributed by atoms with Gasteiger partial charge in [0.25, 0.3) is 5.91 Å². The average Bonchev–Trinajstić information content (AvgIpc) is 3.08. The molecule has 1 aliphatic rings. The molecular formula is C23H25BrN2O3. The molecule has 152 valence electrons. The van der Waals surface area contributed by atoms with Crippen LogP contribution in [0.2, 0.25) is 0 Å². The van der Waals surface area contributed by atoms with Crippen molar-refractivity contribution in [1.82, 2.24) is 9.47 Å². The molecule has 3 rings (SSSR count). The van der Waals surface area contributed by atoms with Gasteiger partial charge in [-0.25, -0.2) is 4.79 Å². The minimum absolute atomic E-state index is 0.0525. The van der Waals surface area contributed by atoms with Gasteiger partial charge in [-0.05, 0) is 76.6 Å². The Morgan fingerprint density at radius 1 is 1.14 bits per heavy atom. The summed E-state index contributed by atoms with van der Waals surface area (Å²) in [5, 5.41) is 0. The SMILES string of the molecule is COC(=O)C1=C(C)N(C(C)C)C(=O)/C1=C/c1cc(C)n(-c2ccc(Br)cc2)c1C. The van der Waals surface area contributed by atoms with Crippen LogP contribution < -0.4 is 0 Å². The fourth-order valence-electron chi connectivity index (χ4n) is 3.90. The van der Waals surface area contributed by atoms with Gasteiger partial charge in [0.1, 0.15) is 0 Å². The number of nitrogens with zero attached hydrogens (tertiary/aromatic N) is 2. The van der Waals surface area contributed by atoms with Crippen molar-refractivity contribution in [3.63, 3.8) is 0 Å². The van der Waals surface area contributed by atoms with Gasteiger partial charge in [-0.1, -0.05) is 15.9 Å². The Bertz CT molecular complexity index is 1040. The molecule has 29 heavy (non-hydrogen) atoms. The molecule has 0 aliphatic carbocycles. The molecule has 0 unspecified atom stereocenters. The van der Waals surface area contributed by atoms with E-state index in [4.69, 9.17) is 4.74 Å². The van der Waals surface area contributed by atoms with Crippen molar-refractivity contribution in [2.24, 2.45) is 0 Å². The summed E-state index contributed by atoms with van der Waals surface area (Å²) < 4.78 is 8.11. The van der Waals surface area contributed by atoms with Crippen LogP contribution in [-0.4, -0.2) is 34.5 Å². The largest absolute Gasteiger partial charge is 0.465 e. The minimum atomic E-state index is -0.494. The van der Waals surface area contributed by atoms with Crippen molar-refractivity contribution < 1.29 is 14.3 Å². The highest BCUT2D eigenvalue weighted by molar-refractivity contribution is 9.10. The predicted octanol–water partition coefficient (Wildman–Crippen LogP) is 4.94. The molecule has 1 amide bonds. The predicted molar refractivity (Wildman–Crippen MR) is 118 cm³/mol. The van der Waals surface area contributed by atoms with Crippen LogP contribution in [0.5, 0.6) is 0 Å². The molecule has 2 heterocycles. The summed E-state index contributed by atoms with van der Waals surface area (Å²) in [4.78, 5) is 27.2. The first kappa shape index (κ1) is 21.1. The Kier molecular flexibility index (Phi) is 5.85. The Labute approximate surface area is 179 Å². The monoisotopic (exact) mass is 456 g/mol. The number of aryl methyl sites for hydroxylation is 1. The van der Waals surface area contributed by atoms with Crippen molar-refractivity contribution in [2.75, 3.05) is 7.11 Å². The van der Waals surface area contributed by atoms with Crippen LogP contribution in [0.4, 0.5) is 0 Å². The molecule has 0 N–H and O–H groups in total. The maximum Gasteiger partial charge on any atom is 0.340 e. The second kappa shape index (κ2) is 8.03. The van der Waals surface area contributed by atoms with Gasteiger partial charge in [-0.3, -0.25) is 4.79 Å². The number of aromatic nitrogens is 1. The second-order valence-electron chi connectivity index (χ2n) is 7.42. The van der Waals surface area contributed by atoms with Gasteiger partial charge >= 0.3 is 5.97 Å². The lowest BCUT2D eigenvalue weighted by Crippen LogP contribution is -2.31. The number of carbonyl (C=O) groups excluding carboxylic acids is 2. The van der Waals surface area contributed by atoms with E-state index in [1.807, 2.05) is 58.0 Å². The fourth-order valence-corrected chi connectivity index (χ4v) is 4.16. The van der Waals surface area contributed by atoms with Crippen LogP contribution >= 0.6 is 15.9 Å². The maximum atomic E-state index is 13.1. The van der Waals surface area contributed by atoms with Crippen molar-refractivity contribution in [3.05, 3.63) is 68.6 Å². The second-order valence-corrected chi connectivity index (χ2v) is 8.33. The molecule has 0 fully saturated rings. The molecule has 0 saturated heterocycles. The molecule has 0 saturated carbocycles. The number of hydrogen-bond donors (Lipinski definition) is 0. The number of rotatable bonds is 4. The summed E-state index contributed by atoms with van der Waals surface area (Å²) in [6.07, 6.45) is 1.80. The first-order valence-corrected chi connectivity index (χ1v) is 10.3. The minimum Gasteiger partial charge on any atom is -0.465 e. The highest BCUT2D eigenvalue weighted by Gasteiger charge is 2.38. The quantitative estimate of drug-likeness (QED) is 0.483. The van der Waals surface area contributed by atoms with E-state index in [0.717, 1.165) is 27.1 Å². The van der Waals surface area contributed by atoms with Crippen molar-refractivity contribution in [1.29, 1.82) is 0 Å². The maximum absolute atomic E-state index is 13.1. The summed E-state index contributed by atoms with van der Waals surface area (Å²) in [6, 6.07) is 10.0. The third-order valence-electron chi connectivity index (χ3n) is 5.20. The Hall–Kier alpha value is -2.60. The van der Waals surface area contributed by atoms with Crippen molar-refractivity contribution in [2.45, 2.75) is 40.7 Å². The lowest BCUT2D eigenvalue weighted by molar-refractivity contribution is -0.136. The van der Waals surface area contributed by atoms with Gasteiger partial charge in [-0.15, -0.1) is 0 Å². The molecule has 6 heteroatoms. The van der Waals surface area contributed by atoms with Crippen LogP contribution in [0.25, 0.3) is 11.8 Å². The summed E-state index contributed by atoms with van der Waals surface area (Å²) in [7, 11) is 1.34. The fraction of sp³-hybridized carbons (Fsp3) is 0.304. The van der Waals surface area contributed by atoms with Crippen LogP contribution in [0.15, 0.2) is 51.6 Å². The number of ether oxygens (including phenoxy) is 1. The molecule has 0 atom stereocenters. The Balaban J connectivity index is 2.14. The third kappa shape index (κ3) is 3.69. The van der Waals surface area contributed by atoms with Crippen LogP contribution in [0.1, 0.15) is 37.7 Å². The van der Waals surface area contributed by atoms with E-state index in [-0.39, 0.29) is 11.9 Å². The molecule has 5 nitrogen and oxygen atoms in total. The number of methoxy groups -OCH3 is 1. The number of halogens is 1. The number of allylic oxidation sites excluding steroid dienone is 1. The van der Waals surface area contributed by atoms with Gasteiger partial charge in [0.15, 0.2) is 0 Å². The van der Waals surface area contributed by atoms with E-state index in [1.165, 1.54) is 7.11 Å². The standard InChI is InChI=1S/C23H25BrN2O3/c1-13(2)25-16(5)21(23(28)29-6)20(22(25)27)12-17-11-14(3)26(15(17)4)19-9-7-18(24)8-10-19/h7-13H,1-6H3/b20-12+. The van der Waals surface area contributed by atoms with E-state index in [1.54, 1.807) is 17.9 Å². The van der Waals surface area contributed by atoms with Crippen molar-refractivity contribution >= 4 is 33.9 Å². The number of amides is 1. The zero-order chi connectivity index (χ0) is 21.5. The van der Waals surface area contributed by atoms with Gasteiger partial charge in [0.2, 0.25) is 0 Å². The lowest BCUT2D eigenvalue weighted by Gasteiger charge is -2.22. The van der Waals surface area contributed by atoms with Gasteiger partial charge in [0.05, 0.1) is 18.3 Å². The van der Waals surface area contributed by atoms with E-state index in [2.05, 4.69) is 20.5 Å². The zero-order valence-corrected chi connectivity index (χ0v) is 19.1. The van der Waals surface area contributed by atoms with E-state index >= 15 is 0 Å². The average molecular weight is 457 g/mol. The normalized spacial score (nSPS) is 15.8. The number of benzene rings is 1. The van der Waals surface area contributed by atoms with Crippen LogP contribution in [-0.2, 0) is 14.3 Å². The topological polar surface area (TPSA) is 51.5 Å². The van der Waals surface area contributed by atoms with E-state index in [0.29, 0.717) is 16.8 Å². The van der Waals surface area contributed by atoms with Gasteiger partial charge < -0.3 is 14.2 Å². The summed E-state index contributed by atoms with van der Waals surface area (Å²) in [6.45, 7) is 9.68. The summed E-state index contributed by atoms with van der Waals surface area (Å²) >= 11 is 3.47. The highest BCUT2D eigenvalue weighted by Crippen LogP contribution is 2.34. The number of esters is 1.